The Balaban J connectivity index is 1.57. The number of hydrogen-bond donors (Lipinski definition) is 0. The quantitative estimate of drug-likeness (QED) is 0.568. The second-order valence-corrected chi connectivity index (χ2v) is 9.03. The van der Waals surface area contributed by atoms with E-state index in [0.29, 0.717) is 6.10 Å². The molecule has 1 atom stereocenters. The molecule has 2 heterocycles. The van der Waals surface area contributed by atoms with Crippen molar-refractivity contribution in [3.63, 3.8) is 0 Å². The number of likely N-dealkylation sites (tertiary alicyclic amines) is 2. The maximum Gasteiger partial charge on any atom is 0.0599 e. The van der Waals surface area contributed by atoms with Gasteiger partial charge in [-0.25, -0.2) is 0 Å². The Hall–Kier alpha value is -0.120. The van der Waals surface area contributed by atoms with Crippen molar-refractivity contribution in [2.45, 2.75) is 78.7 Å². The molecule has 0 saturated carbocycles. The van der Waals surface area contributed by atoms with Crippen LogP contribution in [0.25, 0.3) is 0 Å². The lowest BCUT2D eigenvalue weighted by Gasteiger charge is -2.36. The van der Waals surface area contributed by atoms with Gasteiger partial charge in [0.2, 0.25) is 0 Å². The Morgan fingerprint density at radius 3 is 2.04 bits per heavy atom. The smallest absolute Gasteiger partial charge is 0.0599 e. The first-order valence-electron chi connectivity index (χ1n) is 11.2. The van der Waals surface area contributed by atoms with Gasteiger partial charge < -0.3 is 14.5 Å². The summed E-state index contributed by atoms with van der Waals surface area (Å²) in [7, 11) is 0. The summed E-state index contributed by atoms with van der Waals surface area (Å²) in [4.78, 5) is 5.33. The number of ether oxygens (including phenoxy) is 1. The minimum absolute atomic E-state index is 0.524. The molecule has 3 heteroatoms. The zero-order valence-electron chi connectivity index (χ0n) is 17.5. The number of piperidine rings is 2. The molecule has 1 unspecified atom stereocenters. The zero-order chi connectivity index (χ0) is 18.1. The summed E-state index contributed by atoms with van der Waals surface area (Å²) in [5.41, 5.74) is 0. The molecule has 0 amide bonds. The molecule has 0 aliphatic carbocycles. The second kappa shape index (κ2) is 11.6. The highest BCUT2D eigenvalue weighted by molar-refractivity contribution is 4.77. The second-order valence-electron chi connectivity index (χ2n) is 9.03. The summed E-state index contributed by atoms with van der Waals surface area (Å²) in [6.07, 6.45) is 9.75. The average Bonchev–Trinajstić information content (AvgIpc) is 2.61. The lowest BCUT2D eigenvalue weighted by Crippen LogP contribution is -2.41. The molecule has 3 nitrogen and oxygen atoms in total. The Bertz CT molecular complexity index is 331. The molecular weight excluding hydrogens is 308 g/mol. The van der Waals surface area contributed by atoms with Gasteiger partial charge in [0.15, 0.2) is 0 Å². The molecule has 2 rings (SSSR count). The van der Waals surface area contributed by atoms with Crippen molar-refractivity contribution >= 4 is 0 Å². The highest BCUT2D eigenvalue weighted by Crippen LogP contribution is 2.23. The molecule has 2 aliphatic rings. The normalized spacial score (nSPS) is 23.4. The van der Waals surface area contributed by atoms with Crippen molar-refractivity contribution in [3.8, 4) is 0 Å². The molecule has 0 radical (unpaired) electrons. The van der Waals surface area contributed by atoms with Crippen LogP contribution in [0.2, 0.25) is 0 Å². The minimum atomic E-state index is 0.524. The van der Waals surface area contributed by atoms with Gasteiger partial charge in [-0.3, -0.25) is 0 Å². The van der Waals surface area contributed by atoms with E-state index >= 15 is 0 Å². The largest absolute Gasteiger partial charge is 0.378 e. The third kappa shape index (κ3) is 7.97. The lowest BCUT2D eigenvalue weighted by molar-refractivity contribution is -0.0212. The first kappa shape index (κ1) is 21.2. The van der Waals surface area contributed by atoms with Gasteiger partial charge in [-0.2, -0.15) is 0 Å². The molecule has 0 aromatic carbocycles. The van der Waals surface area contributed by atoms with Crippen LogP contribution < -0.4 is 0 Å². The van der Waals surface area contributed by atoms with E-state index in [1.165, 1.54) is 84.2 Å². The Morgan fingerprint density at radius 1 is 0.880 bits per heavy atom. The van der Waals surface area contributed by atoms with E-state index in [4.69, 9.17) is 4.74 Å². The molecule has 0 spiro atoms. The Kier molecular flexibility index (Phi) is 9.80. The fraction of sp³-hybridized carbons (Fsp3) is 1.00. The van der Waals surface area contributed by atoms with Gasteiger partial charge in [-0.05, 0) is 62.9 Å². The van der Waals surface area contributed by atoms with Crippen LogP contribution in [-0.4, -0.2) is 61.8 Å². The molecule has 2 saturated heterocycles. The summed E-state index contributed by atoms with van der Waals surface area (Å²) in [5, 5.41) is 0. The lowest BCUT2D eigenvalue weighted by atomic mass is 9.94. The van der Waals surface area contributed by atoms with Crippen LogP contribution in [0, 0.1) is 17.8 Å². The fourth-order valence-corrected chi connectivity index (χ4v) is 4.58. The molecule has 148 valence electrons. The van der Waals surface area contributed by atoms with Crippen LogP contribution in [0.3, 0.4) is 0 Å². The predicted molar refractivity (Wildman–Crippen MR) is 108 cm³/mol. The third-order valence-electron chi connectivity index (χ3n) is 6.22. The molecular formula is C22H44N2O. The predicted octanol–water partition coefficient (Wildman–Crippen LogP) is 4.66. The van der Waals surface area contributed by atoms with Gasteiger partial charge in [0.1, 0.15) is 0 Å². The highest BCUT2D eigenvalue weighted by atomic mass is 16.5. The number of nitrogens with zero attached hydrogens (tertiary/aromatic N) is 2. The van der Waals surface area contributed by atoms with Crippen LogP contribution in [0.5, 0.6) is 0 Å². The van der Waals surface area contributed by atoms with E-state index in [2.05, 4.69) is 37.5 Å². The molecule has 2 aliphatic heterocycles. The third-order valence-corrected chi connectivity index (χ3v) is 6.22. The SMILES string of the molecule is CCCC(CC)CN1CCC(COC2CCN(CC(C)C)CC2)CC1. The first-order valence-corrected chi connectivity index (χ1v) is 11.2. The molecule has 25 heavy (non-hydrogen) atoms. The van der Waals surface area contributed by atoms with Crippen LogP contribution >= 0.6 is 0 Å². The van der Waals surface area contributed by atoms with Crippen molar-refractivity contribution < 1.29 is 4.74 Å². The van der Waals surface area contributed by atoms with Crippen LogP contribution in [0.4, 0.5) is 0 Å². The standard InChI is InChI=1S/C22H44N2O/c1-5-7-20(6-2)17-24-12-8-21(9-13-24)18-25-22-10-14-23(15-11-22)16-19(3)4/h19-22H,5-18H2,1-4H3. The molecule has 0 aromatic rings. The van der Waals surface area contributed by atoms with Crippen molar-refractivity contribution in [3.05, 3.63) is 0 Å². The molecule has 0 aromatic heterocycles. The van der Waals surface area contributed by atoms with E-state index in [1.54, 1.807) is 0 Å². The van der Waals surface area contributed by atoms with Crippen LogP contribution in [0.15, 0.2) is 0 Å². The van der Waals surface area contributed by atoms with Gasteiger partial charge in [0, 0.05) is 32.8 Å². The first-order chi connectivity index (χ1) is 12.1. The number of hydrogen-bond acceptors (Lipinski definition) is 3. The average molecular weight is 353 g/mol. The topological polar surface area (TPSA) is 15.7 Å². The van der Waals surface area contributed by atoms with E-state index < -0.39 is 0 Å². The highest BCUT2D eigenvalue weighted by Gasteiger charge is 2.24. The Labute approximate surface area is 157 Å². The zero-order valence-corrected chi connectivity index (χ0v) is 17.5. The van der Waals surface area contributed by atoms with Gasteiger partial charge in [0.25, 0.3) is 0 Å². The molecule has 2 fully saturated rings. The van der Waals surface area contributed by atoms with Crippen molar-refractivity contribution in [2.75, 3.05) is 45.9 Å². The van der Waals surface area contributed by atoms with Crippen molar-refractivity contribution in [1.82, 2.24) is 9.80 Å². The maximum absolute atomic E-state index is 6.31. The summed E-state index contributed by atoms with van der Waals surface area (Å²) in [6.45, 7) is 18.0. The number of rotatable bonds is 10. The summed E-state index contributed by atoms with van der Waals surface area (Å²) in [5.74, 6) is 2.50. The van der Waals surface area contributed by atoms with Gasteiger partial charge in [-0.15, -0.1) is 0 Å². The van der Waals surface area contributed by atoms with Crippen LogP contribution in [-0.2, 0) is 4.74 Å². The van der Waals surface area contributed by atoms with E-state index in [1.807, 2.05) is 0 Å². The monoisotopic (exact) mass is 352 g/mol. The molecule has 0 N–H and O–H groups in total. The van der Waals surface area contributed by atoms with Crippen molar-refractivity contribution in [2.24, 2.45) is 17.8 Å². The summed E-state index contributed by atoms with van der Waals surface area (Å²) < 4.78 is 6.31. The minimum Gasteiger partial charge on any atom is -0.378 e. The molecule has 0 bridgehead atoms. The summed E-state index contributed by atoms with van der Waals surface area (Å²) in [6, 6.07) is 0. The van der Waals surface area contributed by atoms with E-state index in [9.17, 15) is 0 Å². The Morgan fingerprint density at radius 2 is 1.48 bits per heavy atom. The van der Waals surface area contributed by atoms with E-state index in [-0.39, 0.29) is 0 Å². The van der Waals surface area contributed by atoms with Gasteiger partial charge >= 0.3 is 0 Å². The van der Waals surface area contributed by atoms with Crippen molar-refractivity contribution in [1.29, 1.82) is 0 Å². The summed E-state index contributed by atoms with van der Waals surface area (Å²) >= 11 is 0. The van der Waals surface area contributed by atoms with Gasteiger partial charge in [0.05, 0.1) is 6.10 Å². The van der Waals surface area contributed by atoms with Gasteiger partial charge in [-0.1, -0.05) is 40.5 Å². The van der Waals surface area contributed by atoms with Crippen LogP contribution in [0.1, 0.15) is 72.6 Å². The maximum atomic E-state index is 6.31. The van der Waals surface area contributed by atoms with E-state index in [0.717, 1.165) is 24.4 Å². The fourth-order valence-electron chi connectivity index (χ4n) is 4.58.